The summed E-state index contributed by atoms with van der Waals surface area (Å²) >= 11 is 1.12. The van der Waals surface area contributed by atoms with Gasteiger partial charge in [0, 0.05) is 42.8 Å². The Morgan fingerprint density at radius 1 is 1.00 bits per heavy atom. The molecule has 3 aromatic rings. The van der Waals surface area contributed by atoms with Crippen LogP contribution in [0.2, 0.25) is 0 Å². The first-order chi connectivity index (χ1) is 16.2. The van der Waals surface area contributed by atoms with Crippen LogP contribution in [-0.4, -0.2) is 51.5 Å². The van der Waals surface area contributed by atoms with Gasteiger partial charge in [0.15, 0.2) is 0 Å². The minimum Gasteiger partial charge on any atom is -0.462 e. The summed E-state index contributed by atoms with van der Waals surface area (Å²) in [6.07, 6.45) is 0. The fourth-order valence-electron chi connectivity index (χ4n) is 4.25. The number of carbonyl (C=O) groups is 1. The minimum absolute atomic E-state index is 0.0555. The topological polar surface area (TPSA) is 66.9 Å². The van der Waals surface area contributed by atoms with E-state index in [0.29, 0.717) is 31.7 Å². The first-order valence-electron chi connectivity index (χ1n) is 11.4. The van der Waals surface area contributed by atoms with E-state index in [0.717, 1.165) is 28.2 Å². The van der Waals surface area contributed by atoms with Gasteiger partial charge in [-0.05, 0) is 50.5 Å². The Labute approximate surface area is 205 Å². The SMILES string of the molecule is CCOC(=O)c1scc(-c2ccc(C)cc2)c1S(=O)(=O)N1CCN(c2cccc(C)c2C)CC1. The Balaban J connectivity index is 1.67. The molecule has 0 atom stereocenters. The zero-order chi connectivity index (χ0) is 24.5. The lowest BCUT2D eigenvalue weighted by molar-refractivity contribution is 0.0528. The van der Waals surface area contributed by atoms with Crippen molar-refractivity contribution < 1.29 is 17.9 Å². The van der Waals surface area contributed by atoms with Gasteiger partial charge >= 0.3 is 5.97 Å². The number of carbonyl (C=O) groups excluding carboxylic acids is 1. The molecule has 0 bridgehead atoms. The molecule has 1 aromatic heterocycles. The molecule has 1 aliphatic rings. The normalized spacial score (nSPS) is 14.9. The van der Waals surface area contributed by atoms with Crippen LogP contribution in [-0.2, 0) is 14.8 Å². The van der Waals surface area contributed by atoms with E-state index in [1.54, 1.807) is 12.3 Å². The summed E-state index contributed by atoms with van der Waals surface area (Å²) in [5.41, 5.74) is 5.96. The van der Waals surface area contributed by atoms with Crippen molar-refractivity contribution >= 4 is 33.0 Å². The first-order valence-corrected chi connectivity index (χ1v) is 13.7. The predicted molar refractivity (Wildman–Crippen MR) is 137 cm³/mol. The van der Waals surface area contributed by atoms with E-state index in [1.165, 1.54) is 15.4 Å². The molecule has 0 aliphatic carbocycles. The fourth-order valence-corrected chi connectivity index (χ4v) is 7.32. The van der Waals surface area contributed by atoms with Gasteiger partial charge in [-0.1, -0.05) is 42.0 Å². The zero-order valence-corrected chi connectivity index (χ0v) is 21.6. The second kappa shape index (κ2) is 9.90. The van der Waals surface area contributed by atoms with Crippen LogP contribution in [0.25, 0.3) is 11.1 Å². The van der Waals surface area contributed by atoms with E-state index < -0.39 is 16.0 Å². The van der Waals surface area contributed by atoms with Crippen LogP contribution in [0.4, 0.5) is 5.69 Å². The summed E-state index contributed by atoms with van der Waals surface area (Å²) < 4.78 is 34.5. The van der Waals surface area contributed by atoms with E-state index in [2.05, 4.69) is 30.9 Å². The summed E-state index contributed by atoms with van der Waals surface area (Å²) in [6, 6.07) is 13.9. The summed E-state index contributed by atoms with van der Waals surface area (Å²) in [4.78, 5) is 15.1. The molecule has 1 saturated heterocycles. The third kappa shape index (κ3) is 4.62. The number of esters is 1. The highest BCUT2D eigenvalue weighted by Crippen LogP contribution is 2.38. The summed E-state index contributed by atoms with van der Waals surface area (Å²) in [6.45, 7) is 9.93. The van der Waals surface area contributed by atoms with Gasteiger partial charge < -0.3 is 9.64 Å². The van der Waals surface area contributed by atoms with Crippen molar-refractivity contribution in [2.75, 3.05) is 37.7 Å². The number of aryl methyl sites for hydroxylation is 2. The van der Waals surface area contributed by atoms with Gasteiger partial charge in [-0.3, -0.25) is 0 Å². The number of sulfonamides is 1. The average Bonchev–Trinajstić information content (AvgIpc) is 3.28. The molecule has 1 fully saturated rings. The maximum atomic E-state index is 13.9. The van der Waals surface area contributed by atoms with E-state index in [-0.39, 0.29) is 16.4 Å². The highest BCUT2D eigenvalue weighted by molar-refractivity contribution is 7.89. The van der Waals surface area contributed by atoms with Crippen molar-refractivity contribution in [3.63, 3.8) is 0 Å². The number of nitrogens with zero attached hydrogens (tertiary/aromatic N) is 2. The Kier molecular flexibility index (Phi) is 7.12. The number of benzene rings is 2. The van der Waals surface area contributed by atoms with Gasteiger partial charge in [0.25, 0.3) is 0 Å². The Morgan fingerprint density at radius 2 is 1.68 bits per heavy atom. The quantitative estimate of drug-likeness (QED) is 0.446. The Morgan fingerprint density at radius 3 is 2.32 bits per heavy atom. The van der Waals surface area contributed by atoms with Gasteiger partial charge in [0.05, 0.1) is 6.61 Å². The van der Waals surface area contributed by atoms with Crippen LogP contribution in [0.15, 0.2) is 52.7 Å². The molecule has 34 heavy (non-hydrogen) atoms. The molecule has 0 spiro atoms. The lowest BCUT2D eigenvalue weighted by atomic mass is 10.1. The molecule has 2 aromatic carbocycles. The van der Waals surface area contributed by atoms with Gasteiger partial charge in [0.1, 0.15) is 9.77 Å². The van der Waals surface area contributed by atoms with Gasteiger partial charge in [-0.2, -0.15) is 4.31 Å². The molecule has 8 heteroatoms. The zero-order valence-electron chi connectivity index (χ0n) is 20.0. The molecule has 0 saturated carbocycles. The van der Waals surface area contributed by atoms with Gasteiger partial charge in [-0.25, -0.2) is 13.2 Å². The Hall–Kier alpha value is -2.68. The molecule has 6 nitrogen and oxygen atoms in total. The molecule has 0 amide bonds. The van der Waals surface area contributed by atoms with Crippen LogP contribution in [0, 0.1) is 20.8 Å². The van der Waals surface area contributed by atoms with Crippen LogP contribution >= 0.6 is 11.3 Å². The minimum atomic E-state index is -3.91. The van der Waals surface area contributed by atoms with E-state index in [9.17, 15) is 13.2 Å². The predicted octanol–water partition coefficient (Wildman–Crippen LogP) is 5.03. The van der Waals surface area contributed by atoms with Crippen LogP contribution in [0.3, 0.4) is 0 Å². The van der Waals surface area contributed by atoms with Crippen molar-refractivity contribution in [2.45, 2.75) is 32.6 Å². The van der Waals surface area contributed by atoms with Crippen LogP contribution in [0.5, 0.6) is 0 Å². The monoisotopic (exact) mass is 498 g/mol. The summed E-state index contributed by atoms with van der Waals surface area (Å²) in [7, 11) is -3.91. The lowest BCUT2D eigenvalue weighted by Crippen LogP contribution is -2.49. The number of hydrogen-bond donors (Lipinski definition) is 0. The van der Waals surface area contributed by atoms with Crippen molar-refractivity contribution in [1.82, 2.24) is 4.31 Å². The highest BCUT2D eigenvalue weighted by Gasteiger charge is 2.36. The van der Waals surface area contributed by atoms with E-state index >= 15 is 0 Å². The van der Waals surface area contributed by atoms with E-state index in [1.807, 2.05) is 37.3 Å². The fraction of sp³-hybridized carbons (Fsp3) is 0.346. The molecule has 180 valence electrons. The largest absolute Gasteiger partial charge is 0.462 e. The number of ether oxygens (including phenoxy) is 1. The standard InChI is InChI=1S/C26H30N2O4S2/c1-5-32-26(29)24-25(22(17-33-24)21-11-9-18(2)10-12-21)34(30,31)28-15-13-27(14-16-28)23-8-6-7-19(3)20(23)4/h6-12,17H,5,13-16H2,1-4H3. The number of hydrogen-bond acceptors (Lipinski definition) is 6. The van der Waals surface area contributed by atoms with Crippen LogP contribution < -0.4 is 4.90 Å². The highest BCUT2D eigenvalue weighted by atomic mass is 32.2. The third-order valence-electron chi connectivity index (χ3n) is 6.32. The second-order valence-corrected chi connectivity index (χ2v) is 11.3. The average molecular weight is 499 g/mol. The van der Waals surface area contributed by atoms with Gasteiger partial charge in [-0.15, -0.1) is 11.3 Å². The molecule has 2 heterocycles. The molecule has 0 radical (unpaired) electrons. The van der Waals surface area contributed by atoms with Gasteiger partial charge in [0.2, 0.25) is 10.0 Å². The number of piperazine rings is 1. The lowest BCUT2D eigenvalue weighted by Gasteiger charge is -2.36. The maximum Gasteiger partial charge on any atom is 0.349 e. The summed E-state index contributed by atoms with van der Waals surface area (Å²) in [5.74, 6) is -0.599. The smallest absolute Gasteiger partial charge is 0.349 e. The molecular weight excluding hydrogens is 468 g/mol. The molecule has 0 N–H and O–H groups in total. The maximum absolute atomic E-state index is 13.9. The number of thiophene rings is 1. The number of rotatable bonds is 6. The molecule has 1 aliphatic heterocycles. The molecule has 4 rings (SSSR count). The number of anilines is 1. The van der Waals surface area contributed by atoms with Crippen molar-refractivity contribution in [3.05, 3.63) is 69.4 Å². The summed E-state index contributed by atoms with van der Waals surface area (Å²) in [5, 5.41) is 1.75. The first kappa shape index (κ1) is 24.4. The van der Waals surface area contributed by atoms with E-state index in [4.69, 9.17) is 4.74 Å². The van der Waals surface area contributed by atoms with Crippen molar-refractivity contribution in [3.8, 4) is 11.1 Å². The van der Waals surface area contributed by atoms with Crippen molar-refractivity contribution in [2.24, 2.45) is 0 Å². The molecular formula is C26H30N2O4S2. The third-order valence-corrected chi connectivity index (χ3v) is 9.40. The van der Waals surface area contributed by atoms with Crippen molar-refractivity contribution in [1.29, 1.82) is 0 Å². The second-order valence-electron chi connectivity index (χ2n) is 8.50. The molecule has 0 unspecified atom stereocenters. The Bertz CT molecular complexity index is 1290. The van der Waals surface area contributed by atoms with Crippen LogP contribution in [0.1, 0.15) is 33.3 Å².